The average Bonchev–Trinajstić information content (AvgIpc) is 2.72. The number of nitrogens with one attached hydrogen (secondary N) is 1. The third-order valence-corrected chi connectivity index (χ3v) is 3.90. The maximum atomic E-state index is 12.0. The molecule has 2 aromatic carbocycles. The summed E-state index contributed by atoms with van der Waals surface area (Å²) in [4.78, 5) is 23.7. The Kier molecular flexibility index (Phi) is 8.14. The van der Waals surface area contributed by atoms with Crippen molar-refractivity contribution in [3.63, 3.8) is 0 Å². The molecule has 0 spiro atoms. The van der Waals surface area contributed by atoms with E-state index in [1.807, 2.05) is 18.2 Å². The number of carbonyl (C=O) groups excluding carboxylic acids is 2. The highest BCUT2D eigenvalue weighted by Gasteiger charge is 2.09. The van der Waals surface area contributed by atoms with Gasteiger partial charge in [-0.2, -0.15) is 0 Å². The van der Waals surface area contributed by atoms with Crippen LogP contribution in [0.1, 0.15) is 22.8 Å². The van der Waals surface area contributed by atoms with E-state index >= 15 is 0 Å². The first-order chi connectivity index (χ1) is 13.6. The largest absolute Gasteiger partial charge is 0.493 e. The van der Waals surface area contributed by atoms with Crippen LogP contribution in [0.3, 0.4) is 0 Å². The summed E-state index contributed by atoms with van der Waals surface area (Å²) < 4.78 is 20.9. The van der Waals surface area contributed by atoms with Crippen LogP contribution in [-0.4, -0.2) is 45.9 Å². The maximum Gasteiger partial charge on any atom is 0.338 e. The minimum atomic E-state index is -0.424. The second-order valence-corrected chi connectivity index (χ2v) is 5.83. The van der Waals surface area contributed by atoms with Gasteiger partial charge < -0.3 is 24.3 Å². The molecule has 0 saturated heterocycles. The molecule has 0 aromatic heterocycles. The van der Waals surface area contributed by atoms with E-state index in [2.05, 4.69) is 5.32 Å². The molecule has 0 bridgehead atoms. The van der Waals surface area contributed by atoms with Gasteiger partial charge >= 0.3 is 5.97 Å². The van der Waals surface area contributed by atoms with Crippen LogP contribution in [0.25, 0.3) is 0 Å². The Bertz CT molecular complexity index is 805. The van der Waals surface area contributed by atoms with Crippen molar-refractivity contribution in [2.45, 2.75) is 13.3 Å². The van der Waals surface area contributed by atoms with Gasteiger partial charge in [-0.3, -0.25) is 4.79 Å². The Morgan fingerprint density at radius 2 is 1.79 bits per heavy atom. The van der Waals surface area contributed by atoms with Crippen LogP contribution in [-0.2, 0) is 16.0 Å². The number of methoxy groups -OCH3 is 2. The number of hydrogen-bond donors (Lipinski definition) is 1. The molecule has 7 heteroatoms. The number of carbonyl (C=O) groups is 2. The molecule has 150 valence electrons. The van der Waals surface area contributed by atoms with E-state index < -0.39 is 5.97 Å². The van der Waals surface area contributed by atoms with E-state index in [1.54, 1.807) is 45.4 Å². The molecule has 1 amide bonds. The summed E-state index contributed by atoms with van der Waals surface area (Å²) in [5.74, 6) is 1.07. The zero-order valence-corrected chi connectivity index (χ0v) is 16.3. The summed E-state index contributed by atoms with van der Waals surface area (Å²) in [6, 6.07) is 12.2. The molecule has 0 saturated carbocycles. The van der Waals surface area contributed by atoms with E-state index in [9.17, 15) is 9.59 Å². The van der Waals surface area contributed by atoms with Crippen molar-refractivity contribution < 1.29 is 28.5 Å². The zero-order chi connectivity index (χ0) is 20.4. The first-order valence-corrected chi connectivity index (χ1v) is 8.95. The van der Waals surface area contributed by atoms with Gasteiger partial charge in [0.25, 0.3) is 5.91 Å². The molecule has 0 radical (unpaired) electrons. The molecule has 0 unspecified atom stereocenters. The Labute approximate surface area is 164 Å². The van der Waals surface area contributed by atoms with E-state index in [-0.39, 0.29) is 12.5 Å². The van der Waals surface area contributed by atoms with Crippen LogP contribution in [0.2, 0.25) is 0 Å². The Hall–Kier alpha value is -3.22. The number of rotatable bonds is 10. The predicted molar refractivity (Wildman–Crippen MR) is 104 cm³/mol. The topological polar surface area (TPSA) is 83.1 Å². The molecule has 7 nitrogen and oxygen atoms in total. The number of esters is 1. The van der Waals surface area contributed by atoms with Crippen molar-refractivity contribution in [1.29, 1.82) is 0 Å². The lowest BCUT2D eigenvalue weighted by molar-refractivity contribution is -0.123. The molecule has 1 N–H and O–H groups in total. The minimum Gasteiger partial charge on any atom is -0.493 e. The smallest absolute Gasteiger partial charge is 0.338 e. The SMILES string of the molecule is CCOC(=O)c1cccc(OCC(=O)NCCc2ccc(OC)c(OC)c2)c1. The molecule has 0 aliphatic rings. The van der Waals surface area contributed by atoms with Gasteiger partial charge in [-0.15, -0.1) is 0 Å². The average molecular weight is 387 g/mol. The van der Waals surface area contributed by atoms with E-state index in [4.69, 9.17) is 18.9 Å². The molecule has 0 fully saturated rings. The van der Waals surface area contributed by atoms with Crippen molar-refractivity contribution in [3.8, 4) is 17.2 Å². The van der Waals surface area contributed by atoms with Gasteiger partial charge in [0.15, 0.2) is 18.1 Å². The van der Waals surface area contributed by atoms with Crippen molar-refractivity contribution in [2.24, 2.45) is 0 Å². The maximum absolute atomic E-state index is 12.0. The highest BCUT2D eigenvalue weighted by molar-refractivity contribution is 5.89. The summed E-state index contributed by atoms with van der Waals surface area (Å²) >= 11 is 0. The van der Waals surface area contributed by atoms with Crippen LogP contribution >= 0.6 is 0 Å². The lowest BCUT2D eigenvalue weighted by atomic mass is 10.1. The fraction of sp³-hybridized carbons (Fsp3) is 0.333. The summed E-state index contributed by atoms with van der Waals surface area (Å²) in [6.45, 7) is 2.36. The number of amides is 1. The summed E-state index contributed by atoms with van der Waals surface area (Å²) in [5.41, 5.74) is 1.40. The molecular weight excluding hydrogens is 362 g/mol. The van der Waals surface area contributed by atoms with Gasteiger partial charge in [-0.1, -0.05) is 12.1 Å². The van der Waals surface area contributed by atoms with Crippen LogP contribution in [0, 0.1) is 0 Å². The Morgan fingerprint density at radius 1 is 1.00 bits per heavy atom. The van der Waals surface area contributed by atoms with Gasteiger partial charge in [0.1, 0.15) is 5.75 Å². The number of ether oxygens (including phenoxy) is 4. The molecule has 0 heterocycles. The van der Waals surface area contributed by atoms with Crippen LogP contribution < -0.4 is 19.5 Å². The van der Waals surface area contributed by atoms with Crippen LogP contribution in [0.4, 0.5) is 0 Å². The zero-order valence-electron chi connectivity index (χ0n) is 16.3. The van der Waals surface area contributed by atoms with Crippen molar-refractivity contribution in [3.05, 3.63) is 53.6 Å². The Balaban J connectivity index is 1.79. The minimum absolute atomic E-state index is 0.141. The van der Waals surface area contributed by atoms with E-state index in [1.165, 1.54) is 0 Å². The second-order valence-electron chi connectivity index (χ2n) is 5.83. The van der Waals surface area contributed by atoms with Crippen molar-refractivity contribution in [2.75, 3.05) is 34.0 Å². The lowest BCUT2D eigenvalue weighted by Crippen LogP contribution is -2.30. The number of hydrogen-bond acceptors (Lipinski definition) is 6. The van der Waals surface area contributed by atoms with Gasteiger partial charge in [0.05, 0.1) is 26.4 Å². The Morgan fingerprint density at radius 3 is 2.50 bits per heavy atom. The van der Waals surface area contributed by atoms with Gasteiger partial charge in [0.2, 0.25) is 0 Å². The highest BCUT2D eigenvalue weighted by Crippen LogP contribution is 2.27. The van der Waals surface area contributed by atoms with Crippen LogP contribution in [0.5, 0.6) is 17.2 Å². The first-order valence-electron chi connectivity index (χ1n) is 8.95. The standard InChI is InChI=1S/C21H25NO6/c1-4-27-21(24)16-6-5-7-17(13-16)28-14-20(23)22-11-10-15-8-9-18(25-2)19(12-15)26-3/h5-9,12-13H,4,10-11,14H2,1-3H3,(H,22,23). The van der Waals surface area contributed by atoms with Gasteiger partial charge in [-0.05, 0) is 49.2 Å². The molecular formula is C21H25NO6. The van der Waals surface area contributed by atoms with Crippen molar-refractivity contribution in [1.82, 2.24) is 5.32 Å². The molecule has 0 atom stereocenters. The lowest BCUT2D eigenvalue weighted by Gasteiger charge is -2.11. The normalized spacial score (nSPS) is 10.1. The van der Waals surface area contributed by atoms with Gasteiger partial charge in [0, 0.05) is 6.54 Å². The fourth-order valence-electron chi connectivity index (χ4n) is 2.51. The quantitative estimate of drug-likeness (QED) is 0.631. The highest BCUT2D eigenvalue weighted by atomic mass is 16.5. The molecule has 2 aromatic rings. The molecule has 2 rings (SSSR count). The summed E-state index contributed by atoms with van der Waals surface area (Å²) in [5, 5.41) is 2.80. The summed E-state index contributed by atoms with van der Waals surface area (Å²) in [7, 11) is 3.16. The molecule has 0 aliphatic carbocycles. The van der Waals surface area contributed by atoms with E-state index in [0.717, 1.165) is 5.56 Å². The third kappa shape index (κ3) is 6.19. The monoisotopic (exact) mass is 387 g/mol. The van der Waals surface area contributed by atoms with Gasteiger partial charge in [-0.25, -0.2) is 4.79 Å². The third-order valence-electron chi connectivity index (χ3n) is 3.90. The second kappa shape index (κ2) is 10.8. The summed E-state index contributed by atoms with van der Waals surface area (Å²) in [6.07, 6.45) is 0.643. The first kappa shape index (κ1) is 21.1. The number of benzene rings is 2. The fourth-order valence-corrected chi connectivity index (χ4v) is 2.51. The van der Waals surface area contributed by atoms with Crippen LogP contribution in [0.15, 0.2) is 42.5 Å². The molecule has 28 heavy (non-hydrogen) atoms. The predicted octanol–water partition coefficient (Wildman–Crippen LogP) is 2.62. The van der Waals surface area contributed by atoms with E-state index in [0.29, 0.717) is 42.4 Å². The molecule has 0 aliphatic heterocycles. The van der Waals surface area contributed by atoms with Crippen molar-refractivity contribution >= 4 is 11.9 Å².